The number of phenols is 1. The van der Waals surface area contributed by atoms with Gasteiger partial charge in [0.25, 0.3) is 0 Å². The summed E-state index contributed by atoms with van der Waals surface area (Å²) >= 11 is 0.853. The zero-order valence-electron chi connectivity index (χ0n) is 25.1. The molecule has 0 spiro atoms. The number of phenolic OH excluding ortho intramolecular Hbond substituents is 1. The third-order valence-corrected chi connectivity index (χ3v) is 7.65. The summed E-state index contributed by atoms with van der Waals surface area (Å²) < 4.78 is 0. The van der Waals surface area contributed by atoms with E-state index in [9.17, 15) is 44.4 Å². The van der Waals surface area contributed by atoms with E-state index in [-0.39, 0.29) is 31.0 Å². The first-order valence-corrected chi connectivity index (χ1v) is 15.1. The van der Waals surface area contributed by atoms with Crippen molar-refractivity contribution in [3.8, 4) is 5.75 Å². The van der Waals surface area contributed by atoms with Crippen LogP contribution in [0.25, 0.3) is 0 Å². The maximum absolute atomic E-state index is 13.2. The zero-order valence-corrected chi connectivity index (χ0v) is 25.9. The van der Waals surface area contributed by atoms with E-state index in [0.29, 0.717) is 11.1 Å². The number of nitrogens with two attached hydrogens (primary N) is 1. The standard InChI is InChI=1S/C30H41N5O9S/c1-30(2,17-37)25(40)28(43)33-13-12-22(39)32-14-15-45-29(44)24(19-6-4-3-5-7-19)35-26(41)21(16-36)34-27(42)23(31)18-8-10-20(38)11-9-18/h3-11,21,23-25,36-38,40H,12-17,31H2,1-2H3,(H,32,39)(H,33,43)(H,34,42)(H,35,41)/t21-,23+,24?,25+/m0/s1. The van der Waals surface area contributed by atoms with Gasteiger partial charge in [0.15, 0.2) is 0 Å². The van der Waals surface area contributed by atoms with Crippen molar-refractivity contribution in [3.63, 3.8) is 0 Å². The predicted octanol–water partition coefficient (Wildman–Crippen LogP) is -1.01. The Morgan fingerprint density at radius 1 is 0.844 bits per heavy atom. The Kier molecular flexibility index (Phi) is 14.9. The van der Waals surface area contributed by atoms with Gasteiger partial charge in [0.2, 0.25) is 28.7 Å². The van der Waals surface area contributed by atoms with Crippen molar-refractivity contribution in [2.75, 3.05) is 32.1 Å². The number of thioether (sulfide) groups is 1. The number of benzene rings is 2. The molecule has 15 heteroatoms. The Hall–Kier alpha value is -4.02. The van der Waals surface area contributed by atoms with Gasteiger partial charge in [-0.1, -0.05) is 68.1 Å². The molecular formula is C30H41N5O9S. The molecule has 4 atom stereocenters. The normalized spacial score (nSPS) is 13.9. The summed E-state index contributed by atoms with van der Waals surface area (Å²) in [6.07, 6.45) is -1.53. The maximum atomic E-state index is 13.2. The van der Waals surface area contributed by atoms with Crippen LogP contribution in [0.15, 0.2) is 54.6 Å². The zero-order chi connectivity index (χ0) is 33.6. The largest absolute Gasteiger partial charge is 0.508 e. The summed E-state index contributed by atoms with van der Waals surface area (Å²) in [4.78, 5) is 63.0. The Morgan fingerprint density at radius 3 is 2.09 bits per heavy atom. The third-order valence-electron chi connectivity index (χ3n) is 6.72. The highest BCUT2D eigenvalue weighted by atomic mass is 32.2. The lowest BCUT2D eigenvalue weighted by atomic mass is 9.87. The van der Waals surface area contributed by atoms with E-state index >= 15 is 0 Å². The number of aliphatic hydroxyl groups excluding tert-OH is 3. The molecular weight excluding hydrogens is 606 g/mol. The van der Waals surface area contributed by atoms with Gasteiger partial charge in [0, 0.05) is 30.7 Å². The quantitative estimate of drug-likeness (QED) is 0.0942. The summed E-state index contributed by atoms with van der Waals surface area (Å²) in [7, 11) is 0. The minimum Gasteiger partial charge on any atom is -0.508 e. The third kappa shape index (κ3) is 11.8. The molecule has 0 aromatic heterocycles. The summed E-state index contributed by atoms with van der Waals surface area (Å²) in [5, 5.41) is 48.1. The van der Waals surface area contributed by atoms with Crippen LogP contribution in [0.1, 0.15) is 43.5 Å². The lowest BCUT2D eigenvalue weighted by molar-refractivity contribution is -0.137. The van der Waals surface area contributed by atoms with Crippen LogP contribution in [0, 0.1) is 5.41 Å². The van der Waals surface area contributed by atoms with Crippen LogP contribution in [-0.2, 0) is 24.0 Å². The van der Waals surface area contributed by atoms with Crippen LogP contribution in [0.4, 0.5) is 0 Å². The Bertz CT molecular complexity index is 1290. The molecule has 0 aliphatic heterocycles. The Labute approximate surface area is 265 Å². The molecule has 0 fully saturated rings. The van der Waals surface area contributed by atoms with Gasteiger partial charge in [-0.15, -0.1) is 0 Å². The Balaban J connectivity index is 1.90. The van der Waals surface area contributed by atoms with Gasteiger partial charge in [-0.2, -0.15) is 0 Å². The lowest BCUT2D eigenvalue weighted by Crippen LogP contribution is -2.52. The molecule has 0 aliphatic carbocycles. The second-order valence-electron chi connectivity index (χ2n) is 10.8. The first-order valence-electron chi connectivity index (χ1n) is 14.1. The van der Waals surface area contributed by atoms with Crippen molar-refractivity contribution in [1.82, 2.24) is 21.3 Å². The van der Waals surface area contributed by atoms with Gasteiger partial charge in [0.1, 0.15) is 30.0 Å². The molecule has 2 rings (SSSR count). The van der Waals surface area contributed by atoms with E-state index in [2.05, 4.69) is 21.3 Å². The molecule has 2 aromatic carbocycles. The van der Waals surface area contributed by atoms with Crippen LogP contribution in [0.2, 0.25) is 0 Å². The molecule has 10 N–H and O–H groups in total. The van der Waals surface area contributed by atoms with Crippen molar-refractivity contribution in [2.45, 2.75) is 44.5 Å². The van der Waals surface area contributed by atoms with Crippen LogP contribution in [0.5, 0.6) is 5.75 Å². The second kappa shape index (κ2) is 18.1. The monoisotopic (exact) mass is 647 g/mol. The highest BCUT2D eigenvalue weighted by Crippen LogP contribution is 2.21. The van der Waals surface area contributed by atoms with Gasteiger partial charge in [0.05, 0.1) is 13.2 Å². The summed E-state index contributed by atoms with van der Waals surface area (Å²) in [5.74, 6) is -2.56. The fourth-order valence-corrected chi connectivity index (χ4v) is 4.57. The molecule has 4 amide bonds. The fraction of sp³-hybridized carbons (Fsp3) is 0.433. The minimum atomic E-state index is -1.45. The van der Waals surface area contributed by atoms with Gasteiger partial charge < -0.3 is 47.4 Å². The van der Waals surface area contributed by atoms with E-state index in [1.54, 1.807) is 30.3 Å². The SMILES string of the molecule is CC(C)(CO)[C@H](O)C(=O)NCCC(=O)NCCSC(=O)C(NC(=O)[C@H](CO)NC(=O)[C@H](N)c1ccc(O)cc1)c1ccccc1. The molecule has 14 nitrogen and oxygen atoms in total. The van der Waals surface area contributed by atoms with Crippen molar-refractivity contribution in [2.24, 2.45) is 11.1 Å². The van der Waals surface area contributed by atoms with Crippen molar-refractivity contribution >= 4 is 40.5 Å². The topological polar surface area (TPSA) is 240 Å². The first-order chi connectivity index (χ1) is 21.3. The number of nitrogens with one attached hydrogen (secondary N) is 4. The number of rotatable bonds is 17. The van der Waals surface area contributed by atoms with Crippen LogP contribution >= 0.6 is 11.8 Å². The molecule has 0 radical (unpaired) electrons. The average molecular weight is 648 g/mol. The molecule has 2 aromatic rings. The van der Waals surface area contributed by atoms with Crippen molar-refractivity contribution in [3.05, 3.63) is 65.7 Å². The highest BCUT2D eigenvalue weighted by Gasteiger charge is 2.33. The fourth-order valence-electron chi connectivity index (χ4n) is 3.81. The van der Waals surface area contributed by atoms with E-state index < -0.39 is 71.6 Å². The smallest absolute Gasteiger partial charge is 0.249 e. The summed E-state index contributed by atoms with van der Waals surface area (Å²) in [5.41, 5.74) is 5.75. The van der Waals surface area contributed by atoms with Crippen LogP contribution < -0.4 is 27.0 Å². The number of hydrogen-bond donors (Lipinski definition) is 9. The van der Waals surface area contributed by atoms with Gasteiger partial charge in [-0.25, -0.2) is 0 Å². The van der Waals surface area contributed by atoms with Gasteiger partial charge >= 0.3 is 0 Å². The van der Waals surface area contributed by atoms with Gasteiger partial charge in [-0.05, 0) is 23.3 Å². The van der Waals surface area contributed by atoms with Crippen LogP contribution in [-0.4, -0.2) is 93.4 Å². The first kappa shape index (κ1) is 37.2. The molecule has 0 bridgehead atoms. The maximum Gasteiger partial charge on any atom is 0.249 e. The average Bonchev–Trinajstić information content (AvgIpc) is 3.03. The molecule has 0 saturated carbocycles. The summed E-state index contributed by atoms with van der Waals surface area (Å²) in [6, 6.07) is 10.2. The van der Waals surface area contributed by atoms with E-state index in [1.165, 1.54) is 38.1 Å². The highest BCUT2D eigenvalue weighted by molar-refractivity contribution is 8.13. The van der Waals surface area contributed by atoms with E-state index in [4.69, 9.17) is 5.73 Å². The van der Waals surface area contributed by atoms with Crippen molar-refractivity contribution < 1.29 is 44.4 Å². The number of carbonyl (C=O) groups excluding carboxylic acids is 5. The number of hydrogen-bond acceptors (Lipinski definition) is 11. The molecule has 246 valence electrons. The molecule has 0 aliphatic rings. The van der Waals surface area contributed by atoms with E-state index in [1.807, 2.05) is 0 Å². The van der Waals surface area contributed by atoms with Gasteiger partial charge in [-0.3, -0.25) is 24.0 Å². The molecule has 0 heterocycles. The number of carbonyl (C=O) groups is 5. The van der Waals surface area contributed by atoms with Crippen molar-refractivity contribution in [1.29, 1.82) is 0 Å². The minimum absolute atomic E-state index is 0.0159. The van der Waals surface area contributed by atoms with E-state index in [0.717, 1.165) is 11.8 Å². The molecule has 0 saturated heterocycles. The second-order valence-corrected chi connectivity index (χ2v) is 11.9. The molecule has 1 unspecified atom stereocenters. The Morgan fingerprint density at radius 2 is 1.49 bits per heavy atom. The number of aliphatic hydroxyl groups is 3. The number of aromatic hydroxyl groups is 1. The predicted molar refractivity (Wildman–Crippen MR) is 166 cm³/mol. The number of amides is 4. The van der Waals surface area contributed by atoms with Crippen LogP contribution in [0.3, 0.4) is 0 Å². The summed E-state index contributed by atoms with van der Waals surface area (Å²) in [6.45, 7) is 1.94. The molecule has 45 heavy (non-hydrogen) atoms. The lowest BCUT2D eigenvalue weighted by Gasteiger charge is -2.27.